The summed E-state index contributed by atoms with van der Waals surface area (Å²) in [4.78, 5) is 10.0. The number of nitrogens with one attached hydrogen (secondary N) is 1. The lowest BCUT2D eigenvalue weighted by Gasteiger charge is -2.42. The SMILES string of the molecule is CCCC1(C)CCCN(C(=NCC2CCCN(C)C2)NCC)C1. The van der Waals surface area contributed by atoms with Crippen molar-refractivity contribution in [1.82, 2.24) is 15.1 Å². The molecule has 4 heteroatoms. The van der Waals surface area contributed by atoms with Gasteiger partial charge in [-0.05, 0) is 64.0 Å². The van der Waals surface area contributed by atoms with Gasteiger partial charge in [-0.15, -0.1) is 0 Å². The van der Waals surface area contributed by atoms with E-state index in [1.165, 1.54) is 51.6 Å². The summed E-state index contributed by atoms with van der Waals surface area (Å²) in [6.07, 6.45) is 7.94. The van der Waals surface area contributed by atoms with Crippen LogP contribution in [0.2, 0.25) is 0 Å². The Labute approximate surface area is 143 Å². The van der Waals surface area contributed by atoms with Crippen LogP contribution in [0, 0.1) is 11.3 Å². The van der Waals surface area contributed by atoms with Gasteiger partial charge < -0.3 is 15.1 Å². The third-order valence-electron chi connectivity index (χ3n) is 5.49. The van der Waals surface area contributed by atoms with Gasteiger partial charge in [0.05, 0.1) is 0 Å². The van der Waals surface area contributed by atoms with Crippen molar-refractivity contribution in [2.45, 2.75) is 59.3 Å². The summed E-state index contributed by atoms with van der Waals surface area (Å²) >= 11 is 0. The van der Waals surface area contributed by atoms with Crippen molar-refractivity contribution in [1.29, 1.82) is 0 Å². The van der Waals surface area contributed by atoms with Crippen molar-refractivity contribution in [2.24, 2.45) is 16.3 Å². The number of hydrogen-bond acceptors (Lipinski definition) is 2. The second-order valence-corrected chi connectivity index (χ2v) is 8.05. The summed E-state index contributed by atoms with van der Waals surface area (Å²) in [5.74, 6) is 1.89. The minimum absolute atomic E-state index is 0.467. The van der Waals surface area contributed by atoms with Crippen LogP contribution in [0.5, 0.6) is 0 Å². The standard InChI is InChI=1S/C19H38N4/c1-5-10-19(3)11-8-13-23(16-19)18(20-6-2)21-14-17-9-7-12-22(4)15-17/h17H,5-16H2,1-4H3,(H,20,21). The highest BCUT2D eigenvalue weighted by Gasteiger charge is 2.31. The molecule has 0 amide bonds. The maximum atomic E-state index is 5.03. The molecule has 2 saturated heterocycles. The first-order chi connectivity index (χ1) is 11.1. The molecule has 2 heterocycles. The van der Waals surface area contributed by atoms with Crippen LogP contribution in [0.3, 0.4) is 0 Å². The zero-order valence-corrected chi connectivity index (χ0v) is 15.9. The Kier molecular flexibility index (Phi) is 7.19. The topological polar surface area (TPSA) is 30.9 Å². The first kappa shape index (κ1) is 18.6. The van der Waals surface area contributed by atoms with Crippen molar-refractivity contribution >= 4 is 5.96 Å². The highest BCUT2D eigenvalue weighted by Crippen LogP contribution is 2.34. The minimum atomic E-state index is 0.467. The molecule has 2 fully saturated rings. The van der Waals surface area contributed by atoms with E-state index < -0.39 is 0 Å². The molecule has 2 atom stereocenters. The van der Waals surface area contributed by atoms with Crippen molar-refractivity contribution in [3.05, 3.63) is 0 Å². The van der Waals surface area contributed by atoms with Gasteiger partial charge in [-0.2, -0.15) is 0 Å². The van der Waals surface area contributed by atoms with Crippen molar-refractivity contribution in [3.63, 3.8) is 0 Å². The summed E-state index contributed by atoms with van der Waals surface area (Å²) in [5.41, 5.74) is 0.467. The number of piperidine rings is 2. The Morgan fingerprint density at radius 2 is 2.09 bits per heavy atom. The summed E-state index contributed by atoms with van der Waals surface area (Å²) in [5, 5.41) is 3.55. The molecule has 2 aliphatic heterocycles. The van der Waals surface area contributed by atoms with Gasteiger partial charge in [0.1, 0.15) is 0 Å². The Hall–Kier alpha value is -0.770. The molecule has 2 aliphatic rings. The molecule has 0 bridgehead atoms. The molecule has 0 aromatic carbocycles. The average Bonchev–Trinajstić information content (AvgIpc) is 2.51. The first-order valence-electron chi connectivity index (χ1n) is 9.78. The molecule has 0 aromatic heterocycles. The second-order valence-electron chi connectivity index (χ2n) is 8.05. The lowest BCUT2D eigenvalue weighted by molar-refractivity contribution is 0.142. The summed E-state index contributed by atoms with van der Waals surface area (Å²) in [6.45, 7) is 13.7. The van der Waals surface area contributed by atoms with E-state index in [9.17, 15) is 0 Å². The predicted octanol–water partition coefficient (Wildman–Crippen LogP) is 3.20. The van der Waals surface area contributed by atoms with E-state index in [0.717, 1.165) is 38.1 Å². The number of guanidine groups is 1. The Bertz CT molecular complexity index is 378. The van der Waals surface area contributed by atoms with E-state index in [0.29, 0.717) is 5.41 Å². The number of likely N-dealkylation sites (tertiary alicyclic amines) is 2. The third kappa shape index (κ3) is 5.66. The molecule has 2 unspecified atom stereocenters. The van der Waals surface area contributed by atoms with Gasteiger partial charge in [0, 0.05) is 32.7 Å². The Morgan fingerprint density at radius 1 is 1.26 bits per heavy atom. The average molecular weight is 323 g/mol. The fraction of sp³-hybridized carbons (Fsp3) is 0.947. The maximum absolute atomic E-state index is 5.03. The van der Waals surface area contributed by atoms with Crippen LogP contribution in [0.1, 0.15) is 59.3 Å². The fourth-order valence-electron chi connectivity index (χ4n) is 4.37. The predicted molar refractivity (Wildman–Crippen MR) is 100 cm³/mol. The van der Waals surface area contributed by atoms with Crippen LogP contribution in [-0.4, -0.2) is 62.1 Å². The van der Waals surface area contributed by atoms with Gasteiger partial charge in [0.25, 0.3) is 0 Å². The molecule has 4 nitrogen and oxygen atoms in total. The van der Waals surface area contributed by atoms with Gasteiger partial charge in [0.2, 0.25) is 0 Å². The highest BCUT2D eigenvalue weighted by atomic mass is 15.3. The molecule has 0 aliphatic carbocycles. The first-order valence-corrected chi connectivity index (χ1v) is 9.78. The Balaban J connectivity index is 1.97. The van der Waals surface area contributed by atoms with Gasteiger partial charge >= 0.3 is 0 Å². The molecule has 0 aromatic rings. The molecular weight excluding hydrogens is 284 g/mol. The monoisotopic (exact) mass is 322 g/mol. The number of rotatable bonds is 5. The van der Waals surface area contributed by atoms with Gasteiger partial charge in [-0.25, -0.2) is 0 Å². The molecule has 23 heavy (non-hydrogen) atoms. The molecule has 134 valence electrons. The maximum Gasteiger partial charge on any atom is 0.193 e. The van der Waals surface area contributed by atoms with E-state index in [4.69, 9.17) is 4.99 Å². The van der Waals surface area contributed by atoms with E-state index in [2.05, 4.69) is 42.9 Å². The fourth-order valence-corrected chi connectivity index (χ4v) is 4.37. The Morgan fingerprint density at radius 3 is 2.78 bits per heavy atom. The summed E-state index contributed by atoms with van der Waals surface area (Å²) < 4.78 is 0. The smallest absolute Gasteiger partial charge is 0.193 e. The number of aliphatic imine (C=N–C) groups is 1. The van der Waals surface area contributed by atoms with Crippen LogP contribution in [-0.2, 0) is 0 Å². The molecule has 1 N–H and O–H groups in total. The molecular formula is C19H38N4. The zero-order chi connectivity index (χ0) is 16.7. The molecule has 0 radical (unpaired) electrons. The van der Waals surface area contributed by atoms with Crippen LogP contribution >= 0.6 is 0 Å². The third-order valence-corrected chi connectivity index (χ3v) is 5.49. The summed E-state index contributed by atoms with van der Waals surface area (Å²) in [7, 11) is 2.24. The molecule has 2 rings (SSSR count). The van der Waals surface area contributed by atoms with E-state index in [1.807, 2.05) is 0 Å². The van der Waals surface area contributed by atoms with E-state index in [1.54, 1.807) is 0 Å². The van der Waals surface area contributed by atoms with Crippen molar-refractivity contribution < 1.29 is 0 Å². The van der Waals surface area contributed by atoms with Crippen LogP contribution in [0.4, 0.5) is 0 Å². The summed E-state index contributed by atoms with van der Waals surface area (Å²) in [6, 6.07) is 0. The quantitative estimate of drug-likeness (QED) is 0.623. The van der Waals surface area contributed by atoms with Gasteiger partial charge in [-0.1, -0.05) is 20.3 Å². The van der Waals surface area contributed by atoms with Crippen LogP contribution in [0.25, 0.3) is 0 Å². The van der Waals surface area contributed by atoms with Gasteiger partial charge in [0.15, 0.2) is 5.96 Å². The molecule has 0 saturated carbocycles. The number of nitrogens with zero attached hydrogens (tertiary/aromatic N) is 3. The minimum Gasteiger partial charge on any atom is -0.357 e. The van der Waals surface area contributed by atoms with Crippen LogP contribution in [0.15, 0.2) is 4.99 Å². The lowest BCUT2D eigenvalue weighted by Crippen LogP contribution is -2.50. The normalized spacial score (nSPS) is 30.5. The lowest BCUT2D eigenvalue weighted by atomic mass is 9.78. The van der Waals surface area contributed by atoms with Gasteiger partial charge in [-0.3, -0.25) is 4.99 Å². The largest absolute Gasteiger partial charge is 0.357 e. The van der Waals surface area contributed by atoms with Crippen LogP contribution < -0.4 is 5.32 Å². The second kappa shape index (κ2) is 8.91. The number of hydrogen-bond donors (Lipinski definition) is 1. The van der Waals surface area contributed by atoms with Crippen molar-refractivity contribution in [2.75, 3.05) is 46.3 Å². The van der Waals surface area contributed by atoms with E-state index in [-0.39, 0.29) is 0 Å². The van der Waals surface area contributed by atoms with E-state index >= 15 is 0 Å². The zero-order valence-electron chi connectivity index (χ0n) is 15.9. The highest BCUT2D eigenvalue weighted by molar-refractivity contribution is 5.80. The molecule has 0 spiro atoms. The van der Waals surface area contributed by atoms with Crippen molar-refractivity contribution in [3.8, 4) is 0 Å².